The molecule has 0 aromatic carbocycles. The number of nitrogens with zero attached hydrogens (tertiary/aromatic N) is 6. The van der Waals surface area contributed by atoms with E-state index in [9.17, 15) is 4.79 Å². The second-order valence-corrected chi connectivity index (χ2v) is 8.65. The first-order valence-electron chi connectivity index (χ1n) is 12.1. The van der Waals surface area contributed by atoms with E-state index in [1.54, 1.807) is 18.9 Å². The van der Waals surface area contributed by atoms with Gasteiger partial charge in [0, 0.05) is 57.6 Å². The molecule has 0 radical (unpaired) electrons. The molecular formula is C22H46N14O. The molecular weight excluding hydrogens is 476 g/mol. The van der Waals surface area contributed by atoms with E-state index in [4.69, 9.17) is 33.8 Å². The molecule has 0 heterocycles. The molecule has 0 unspecified atom stereocenters. The van der Waals surface area contributed by atoms with Gasteiger partial charge in [0.2, 0.25) is 5.91 Å². The second kappa shape index (κ2) is 19.4. The molecule has 0 aromatic rings. The van der Waals surface area contributed by atoms with Crippen molar-refractivity contribution in [3.05, 3.63) is 0 Å². The Bertz CT molecular complexity index is 846. The van der Waals surface area contributed by atoms with Crippen LogP contribution in [0.3, 0.4) is 0 Å². The molecule has 0 bridgehead atoms. The van der Waals surface area contributed by atoms with E-state index >= 15 is 0 Å². The van der Waals surface area contributed by atoms with Crippen molar-refractivity contribution in [2.45, 2.75) is 39.0 Å². The van der Waals surface area contributed by atoms with Crippen LogP contribution >= 0.6 is 0 Å². The van der Waals surface area contributed by atoms with Gasteiger partial charge >= 0.3 is 0 Å². The summed E-state index contributed by atoms with van der Waals surface area (Å²) >= 11 is 0. The molecule has 0 aliphatic carbocycles. The number of rotatable bonds is 16. The van der Waals surface area contributed by atoms with Crippen LogP contribution in [0, 0.1) is 10.8 Å². The topological polar surface area (TPSA) is 249 Å². The maximum atomic E-state index is 12.6. The zero-order valence-electron chi connectivity index (χ0n) is 22.7. The highest BCUT2D eigenvalue weighted by atomic mass is 16.2. The molecule has 15 heteroatoms. The lowest BCUT2D eigenvalue weighted by atomic mass is 10.1. The predicted molar refractivity (Wildman–Crippen MR) is 153 cm³/mol. The molecule has 37 heavy (non-hydrogen) atoms. The van der Waals surface area contributed by atoms with Gasteiger partial charge in [0.05, 0.1) is 6.54 Å². The monoisotopic (exact) mass is 522 g/mol. The van der Waals surface area contributed by atoms with Gasteiger partial charge in [-0.3, -0.25) is 35.4 Å². The van der Waals surface area contributed by atoms with Gasteiger partial charge in [-0.1, -0.05) is 0 Å². The molecule has 0 aliphatic heterocycles. The number of carbonyl (C=O) groups excluding carboxylic acids is 1. The zero-order valence-corrected chi connectivity index (χ0v) is 22.7. The number of nitrogens with one attached hydrogen (secondary N) is 4. The van der Waals surface area contributed by atoms with Crippen molar-refractivity contribution in [3.63, 3.8) is 0 Å². The van der Waals surface area contributed by atoms with Gasteiger partial charge in [0.1, 0.15) is 0 Å². The number of aliphatic imine (C=N–C) groups is 4. The predicted octanol–water partition coefficient (Wildman–Crippen LogP) is -1.55. The van der Waals surface area contributed by atoms with Gasteiger partial charge in [-0.2, -0.15) is 0 Å². The summed E-state index contributed by atoms with van der Waals surface area (Å²) in [5.41, 5.74) is 24.0. The lowest BCUT2D eigenvalue weighted by molar-refractivity contribution is -0.131. The minimum absolute atomic E-state index is 0.0118. The van der Waals surface area contributed by atoms with Gasteiger partial charge in [0.25, 0.3) is 0 Å². The Morgan fingerprint density at radius 3 is 1.70 bits per heavy atom. The van der Waals surface area contributed by atoms with Gasteiger partial charge in [-0.25, -0.2) is 0 Å². The number of hydrogen-bond acceptors (Lipinski definition) is 8. The van der Waals surface area contributed by atoms with Crippen molar-refractivity contribution < 1.29 is 4.79 Å². The maximum Gasteiger partial charge on any atom is 0.236 e. The summed E-state index contributed by atoms with van der Waals surface area (Å²) in [6.45, 7) is 4.30. The quantitative estimate of drug-likeness (QED) is 0.0667. The molecule has 210 valence electrons. The van der Waals surface area contributed by atoms with Crippen LogP contribution in [0.1, 0.15) is 39.0 Å². The average Bonchev–Trinajstić information content (AvgIpc) is 2.79. The maximum absolute atomic E-state index is 12.6. The molecule has 0 atom stereocenters. The van der Waals surface area contributed by atoms with E-state index in [0.29, 0.717) is 82.8 Å². The highest BCUT2D eigenvalue weighted by molar-refractivity contribution is 6.00. The van der Waals surface area contributed by atoms with Crippen LogP contribution in [-0.4, -0.2) is 111 Å². The fourth-order valence-corrected chi connectivity index (χ4v) is 2.99. The van der Waals surface area contributed by atoms with Crippen LogP contribution in [0.25, 0.3) is 0 Å². The zero-order chi connectivity index (χ0) is 28.2. The SMILES string of the molecule is CN=C(N)NC(N)=NCCCN(CCCN=C(N)NC(N)=NCCCC(=N)CC(C)=N)C(=O)CN(C)C. The smallest absolute Gasteiger partial charge is 0.236 e. The summed E-state index contributed by atoms with van der Waals surface area (Å²) in [7, 11) is 5.23. The number of amides is 1. The highest BCUT2D eigenvalue weighted by Crippen LogP contribution is 1.99. The molecule has 0 fully saturated rings. The average molecular weight is 523 g/mol. The van der Waals surface area contributed by atoms with Crippen LogP contribution in [-0.2, 0) is 4.79 Å². The summed E-state index contributed by atoms with van der Waals surface area (Å²) in [6, 6.07) is 0. The van der Waals surface area contributed by atoms with Crippen LogP contribution in [0.15, 0.2) is 20.0 Å². The van der Waals surface area contributed by atoms with E-state index in [0.717, 1.165) is 0 Å². The summed E-state index contributed by atoms with van der Waals surface area (Å²) < 4.78 is 0. The highest BCUT2D eigenvalue weighted by Gasteiger charge is 2.13. The fourth-order valence-electron chi connectivity index (χ4n) is 2.99. The largest absolute Gasteiger partial charge is 0.370 e. The molecule has 1 amide bonds. The third-order valence-corrected chi connectivity index (χ3v) is 4.69. The van der Waals surface area contributed by atoms with Crippen LogP contribution in [0.2, 0.25) is 0 Å². The van der Waals surface area contributed by atoms with Crippen molar-refractivity contribution >= 4 is 41.2 Å². The normalized spacial score (nSPS) is 13.0. The van der Waals surface area contributed by atoms with Gasteiger partial charge in [-0.05, 0) is 46.7 Å². The van der Waals surface area contributed by atoms with Gasteiger partial charge in [0.15, 0.2) is 23.8 Å². The number of guanidine groups is 4. The van der Waals surface area contributed by atoms with Crippen LogP contribution in [0.5, 0.6) is 0 Å². The van der Waals surface area contributed by atoms with E-state index in [1.807, 2.05) is 19.0 Å². The summed E-state index contributed by atoms with van der Waals surface area (Å²) in [5, 5.41) is 20.6. The summed E-state index contributed by atoms with van der Waals surface area (Å²) in [6.07, 6.45) is 2.87. The molecule has 0 saturated carbocycles. The van der Waals surface area contributed by atoms with E-state index in [2.05, 4.69) is 30.6 Å². The number of likely N-dealkylation sites (N-methyl/N-ethyl adjacent to an activating group) is 1. The van der Waals surface area contributed by atoms with Gasteiger partial charge < -0.3 is 43.6 Å². The standard InChI is InChI=1S/C22H46N14O/c1-16(23)14-17(24)8-5-9-30-21(27)34-22(28)32-11-7-13-36(18(37)15-35(3)4)12-6-10-31-20(26)33-19(25)29-2/h23-24H,5-15H2,1-4H3,(H5,25,26,29,31,33)(H5,27,28,30,32,34). The Hall–Kier alpha value is -3.75. The minimum atomic E-state index is 0.0118. The van der Waals surface area contributed by atoms with E-state index in [-0.39, 0.29) is 29.7 Å². The first-order chi connectivity index (χ1) is 17.4. The van der Waals surface area contributed by atoms with Crippen molar-refractivity contribution in [1.82, 2.24) is 20.4 Å². The lowest BCUT2D eigenvalue weighted by Gasteiger charge is -2.24. The molecule has 0 saturated heterocycles. The number of carbonyl (C=O) groups is 1. The first kappa shape index (κ1) is 33.2. The van der Waals surface area contributed by atoms with Crippen LogP contribution in [0.4, 0.5) is 0 Å². The van der Waals surface area contributed by atoms with Crippen molar-refractivity contribution in [3.8, 4) is 0 Å². The van der Waals surface area contributed by atoms with Crippen LogP contribution < -0.4 is 33.6 Å². The Balaban J connectivity index is 4.57. The second-order valence-electron chi connectivity index (χ2n) is 8.65. The first-order valence-corrected chi connectivity index (χ1v) is 12.1. The fraction of sp³-hybridized carbons (Fsp3) is 0.682. The number of hydrogen-bond donors (Lipinski definition) is 8. The molecule has 0 aromatic heterocycles. The third-order valence-electron chi connectivity index (χ3n) is 4.69. The third kappa shape index (κ3) is 19.2. The Kier molecular flexibility index (Phi) is 17.5. The molecule has 0 rings (SSSR count). The van der Waals surface area contributed by atoms with E-state index in [1.165, 1.54) is 0 Å². The Morgan fingerprint density at radius 2 is 1.27 bits per heavy atom. The lowest BCUT2D eigenvalue weighted by Crippen LogP contribution is -2.42. The molecule has 0 aliphatic rings. The minimum Gasteiger partial charge on any atom is -0.370 e. The molecule has 0 spiro atoms. The van der Waals surface area contributed by atoms with E-state index < -0.39 is 0 Å². The van der Waals surface area contributed by atoms with Crippen molar-refractivity contribution in [1.29, 1.82) is 10.8 Å². The van der Waals surface area contributed by atoms with Crippen molar-refractivity contribution in [2.75, 3.05) is 60.4 Å². The summed E-state index contributed by atoms with van der Waals surface area (Å²) in [4.78, 5) is 32.6. The summed E-state index contributed by atoms with van der Waals surface area (Å²) in [5.74, 6) is 0.661. The van der Waals surface area contributed by atoms with Gasteiger partial charge in [-0.15, -0.1) is 0 Å². The molecule has 15 nitrogen and oxygen atoms in total. The Morgan fingerprint density at radius 1 is 0.811 bits per heavy atom. The molecule has 12 N–H and O–H groups in total. The number of nitrogens with two attached hydrogens (primary N) is 4. The van der Waals surface area contributed by atoms with Crippen molar-refractivity contribution in [2.24, 2.45) is 42.9 Å². The Labute approximate surface area is 219 Å².